The topological polar surface area (TPSA) is 30.9 Å². The molecule has 1 heterocycles. The zero-order chi connectivity index (χ0) is 13.8. The highest BCUT2D eigenvalue weighted by Crippen LogP contribution is 2.67. The summed E-state index contributed by atoms with van der Waals surface area (Å²) in [5, 5.41) is 1.43. The molecule has 0 saturated heterocycles. The third kappa shape index (κ3) is 1.66. The highest BCUT2D eigenvalue weighted by Gasteiger charge is 2.58. The van der Waals surface area contributed by atoms with Crippen LogP contribution < -0.4 is 5.73 Å². The van der Waals surface area contributed by atoms with Crippen LogP contribution >= 0.6 is 0 Å². The molecule has 1 aromatic carbocycles. The minimum atomic E-state index is 0.397. The first-order valence-corrected chi connectivity index (χ1v) is 7.24. The van der Waals surface area contributed by atoms with Gasteiger partial charge in [-0.3, -0.25) is 0 Å². The summed E-state index contributed by atoms with van der Waals surface area (Å²) in [5.74, 6) is 1.41. The molecule has 0 spiro atoms. The van der Waals surface area contributed by atoms with Gasteiger partial charge in [0.25, 0.3) is 0 Å². The lowest BCUT2D eigenvalue weighted by molar-refractivity contribution is 0.534. The quantitative estimate of drug-likeness (QED) is 0.894. The molecule has 3 rings (SSSR count). The van der Waals surface area contributed by atoms with Crippen LogP contribution in [0.25, 0.3) is 10.9 Å². The lowest BCUT2D eigenvalue weighted by Gasteiger charge is -2.04. The monoisotopic (exact) mass is 256 g/mol. The van der Waals surface area contributed by atoms with Gasteiger partial charge in [0, 0.05) is 23.6 Å². The molecule has 1 fully saturated rings. The minimum absolute atomic E-state index is 0.397. The van der Waals surface area contributed by atoms with Crippen molar-refractivity contribution in [1.29, 1.82) is 0 Å². The number of nitrogens with two attached hydrogens (primary N) is 1. The van der Waals surface area contributed by atoms with Crippen LogP contribution in [0.5, 0.6) is 0 Å². The number of hydrogen-bond donors (Lipinski definition) is 1. The van der Waals surface area contributed by atoms with Crippen LogP contribution in [0.2, 0.25) is 0 Å². The first-order chi connectivity index (χ1) is 9.00. The molecule has 0 radical (unpaired) electrons. The third-order valence-corrected chi connectivity index (χ3v) is 5.29. The second kappa shape index (κ2) is 4.11. The molecule has 1 saturated carbocycles. The van der Waals surface area contributed by atoms with Crippen molar-refractivity contribution in [3.63, 3.8) is 0 Å². The fraction of sp³-hybridized carbons (Fsp3) is 0.529. The van der Waals surface area contributed by atoms with Crippen molar-refractivity contribution in [3.05, 3.63) is 35.5 Å². The zero-order valence-corrected chi connectivity index (χ0v) is 12.4. The Morgan fingerprint density at radius 1 is 1.26 bits per heavy atom. The van der Waals surface area contributed by atoms with Crippen LogP contribution in [0.15, 0.2) is 24.3 Å². The van der Waals surface area contributed by atoms with Gasteiger partial charge in [-0.2, -0.15) is 0 Å². The number of aryl methyl sites for hydroxylation is 1. The molecule has 0 aliphatic heterocycles. The van der Waals surface area contributed by atoms with E-state index in [2.05, 4.69) is 56.7 Å². The molecule has 19 heavy (non-hydrogen) atoms. The fourth-order valence-corrected chi connectivity index (χ4v) is 3.98. The van der Waals surface area contributed by atoms with Gasteiger partial charge >= 0.3 is 0 Å². The van der Waals surface area contributed by atoms with E-state index in [0.29, 0.717) is 11.3 Å². The fourth-order valence-electron chi connectivity index (χ4n) is 3.98. The number of rotatable bonds is 3. The first-order valence-electron chi connectivity index (χ1n) is 7.24. The van der Waals surface area contributed by atoms with Gasteiger partial charge in [0.2, 0.25) is 0 Å². The van der Waals surface area contributed by atoms with Crippen LogP contribution in [0, 0.1) is 18.3 Å². The first kappa shape index (κ1) is 12.7. The molecule has 2 aromatic rings. The number of para-hydroxylation sites is 1. The zero-order valence-electron chi connectivity index (χ0n) is 12.4. The standard InChI is InChI=1S/C17H24N2/c1-11-15(16-13(9-10-18)17(16,2)3)12-7-5-6-8-14(12)19(11)4/h5-8,13,16H,9-10,18H2,1-4H3/t13-,16+/m0/s1. The molecular weight excluding hydrogens is 232 g/mol. The Morgan fingerprint density at radius 2 is 1.95 bits per heavy atom. The summed E-state index contributed by atoms with van der Waals surface area (Å²) < 4.78 is 2.33. The normalized spacial score (nSPS) is 24.9. The maximum atomic E-state index is 5.78. The van der Waals surface area contributed by atoms with E-state index in [-0.39, 0.29) is 0 Å². The van der Waals surface area contributed by atoms with E-state index in [9.17, 15) is 0 Å². The van der Waals surface area contributed by atoms with Gasteiger partial charge in [-0.05, 0) is 48.8 Å². The Morgan fingerprint density at radius 3 is 2.63 bits per heavy atom. The molecule has 1 aliphatic carbocycles. The van der Waals surface area contributed by atoms with Crippen molar-refractivity contribution in [2.75, 3.05) is 6.54 Å². The lowest BCUT2D eigenvalue weighted by atomic mass is 10.0. The third-order valence-electron chi connectivity index (χ3n) is 5.29. The molecule has 2 N–H and O–H groups in total. The predicted octanol–water partition coefficient (Wildman–Crippen LogP) is 3.58. The molecule has 0 amide bonds. The number of hydrogen-bond acceptors (Lipinski definition) is 1. The molecule has 1 aromatic heterocycles. The molecular formula is C17H24N2. The van der Waals surface area contributed by atoms with E-state index < -0.39 is 0 Å². The maximum absolute atomic E-state index is 5.78. The molecule has 0 bridgehead atoms. The number of fused-ring (bicyclic) bond motifs is 1. The van der Waals surface area contributed by atoms with Gasteiger partial charge in [-0.15, -0.1) is 0 Å². The van der Waals surface area contributed by atoms with Crippen LogP contribution in [0.3, 0.4) is 0 Å². The summed E-state index contributed by atoms with van der Waals surface area (Å²) in [6, 6.07) is 8.77. The number of aromatic nitrogens is 1. The Hall–Kier alpha value is -1.28. The largest absolute Gasteiger partial charge is 0.348 e. The summed E-state index contributed by atoms with van der Waals surface area (Å²) >= 11 is 0. The van der Waals surface area contributed by atoms with Crippen LogP contribution in [0.1, 0.15) is 37.4 Å². The van der Waals surface area contributed by atoms with E-state index in [1.807, 2.05) is 0 Å². The molecule has 2 atom stereocenters. The Balaban J connectivity index is 2.14. The average Bonchev–Trinajstić information content (AvgIpc) is 2.81. The average molecular weight is 256 g/mol. The van der Waals surface area contributed by atoms with Gasteiger partial charge in [-0.25, -0.2) is 0 Å². The Bertz CT molecular complexity index is 621. The summed E-state index contributed by atoms with van der Waals surface area (Å²) in [5.41, 5.74) is 10.5. The molecule has 2 nitrogen and oxygen atoms in total. The van der Waals surface area contributed by atoms with Crippen molar-refractivity contribution >= 4 is 10.9 Å². The molecule has 102 valence electrons. The highest BCUT2D eigenvalue weighted by atomic mass is 15.0. The van der Waals surface area contributed by atoms with E-state index in [4.69, 9.17) is 5.73 Å². The van der Waals surface area contributed by atoms with Gasteiger partial charge in [0.05, 0.1) is 0 Å². The van der Waals surface area contributed by atoms with Gasteiger partial charge in [0.15, 0.2) is 0 Å². The van der Waals surface area contributed by atoms with Crippen LogP contribution in [0.4, 0.5) is 0 Å². The minimum Gasteiger partial charge on any atom is -0.348 e. The second-order valence-electron chi connectivity index (χ2n) is 6.56. The van der Waals surface area contributed by atoms with Gasteiger partial charge < -0.3 is 10.3 Å². The smallest absolute Gasteiger partial charge is 0.0482 e. The Kier molecular flexibility index (Phi) is 2.75. The highest BCUT2D eigenvalue weighted by molar-refractivity contribution is 5.86. The predicted molar refractivity (Wildman–Crippen MR) is 81.3 cm³/mol. The molecule has 2 heteroatoms. The van der Waals surface area contributed by atoms with Crippen LogP contribution in [-0.4, -0.2) is 11.1 Å². The molecule has 1 aliphatic rings. The maximum Gasteiger partial charge on any atom is 0.0482 e. The van der Waals surface area contributed by atoms with Gasteiger partial charge in [0.1, 0.15) is 0 Å². The van der Waals surface area contributed by atoms with E-state index in [1.165, 1.54) is 16.6 Å². The summed E-state index contributed by atoms with van der Waals surface area (Å²) in [4.78, 5) is 0. The van der Waals surface area contributed by atoms with E-state index >= 15 is 0 Å². The van der Waals surface area contributed by atoms with Gasteiger partial charge in [-0.1, -0.05) is 32.0 Å². The van der Waals surface area contributed by atoms with Crippen molar-refractivity contribution in [3.8, 4) is 0 Å². The summed E-state index contributed by atoms with van der Waals surface area (Å²) in [7, 11) is 2.18. The van der Waals surface area contributed by atoms with Crippen LogP contribution in [-0.2, 0) is 7.05 Å². The van der Waals surface area contributed by atoms with E-state index in [1.54, 1.807) is 5.56 Å². The van der Waals surface area contributed by atoms with Crippen molar-refractivity contribution in [2.45, 2.75) is 33.1 Å². The second-order valence-corrected chi connectivity index (χ2v) is 6.56. The Labute approximate surface area is 115 Å². The van der Waals surface area contributed by atoms with E-state index in [0.717, 1.165) is 18.9 Å². The number of benzene rings is 1. The molecule has 0 unspecified atom stereocenters. The SMILES string of the molecule is Cc1c([C@H]2[C@H](CCN)C2(C)C)c2ccccc2n1C. The van der Waals surface area contributed by atoms with Crippen molar-refractivity contribution in [1.82, 2.24) is 4.57 Å². The number of nitrogens with zero attached hydrogens (tertiary/aromatic N) is 1. The van der Waals surface area contributed by atoms with Crippen molar-refractivity contribution < 1.29 is 0 Å². The van der Waals surface area contributed by atoms with Crippen molar-refractivity contribution in [2.24, 2.45) is 24.1 Å². The lowest BCUT2D eigenvalue weighted by Crippen LogP contribution is -2.02. The summed E-state index contributed by atoms with van der Waals surface area (Å²) in [6.45, 7) is 7.83. The summed E-state index contributed by atoms with van der Waals surface area (Å²) in [6.07, 6.45) is 1.14.